The number of ether oxygens (including phenoxy) is 1. The van der Waals surface area contributed by atoms with Crippen LogP contribution in [0.3, 0.4) is 0 Å². The third-order valence-electron chi connectivity index (χ3n) is 5.65. The van der Waals surface area contributed by atoms with Crippen molar-refractivity contribution in [2.75, 3.05) is 19.7 Å². The van der Waals surface area contributed by atoms with Crippen LogP contribution < -0.4 is 5.32 Å². The maximum Gasteiger partial charge on any atom is 0.248 e. The minimum atomic E-state index is -0.292. The van der Waals surface area contributed by atoms with Gasteiger partial charge in [-0.25, -0.2) is 0 Å². The van der Waals surface area contributed by atoms with Crippen LogP contribution in [0.5, 0.6) is 0 Å². The van der Waals surface area contributed by atoms with Crippen LogP contribution in [0.1, 0.15) is 42.9 Å². The van der Waals surface area contributed by atoms with Gasteiger partial charge in [-0.3, -0.25) is 9.59 Å². The van der Waals surface area contributed by atoms with Gasteiger partial charge in [0.25, 0.3) is 0 Å². The highest BCUT2D eigenvalue weighted by atomic mass is 16.5. The number of carbonyl (C=O) groups is 2. The summed E-state index contributed by atoms with van der Waals surface area (Å²) in [7, 11) is 0. The largest absolute Gasteiger partial charge is 0.359 e. The van der Waals surface area contributed by atoms with E-state index in [1.165, 1.54) is 0 Å². The Hall–Kier alpha value is -2.66. The Balaban J connectivity index is 1.38. The van der Waals surface area contributed by atoms with Crippen molar-refractivity contribution in [3.63, 3.8) is 0 Å². The first-order valence-corrected chi connectivity index (χ1v) is 10.5. The molecule has 1 aliphatic carbocycles. The van der Waals surface area contributed by atoms with E-state index >= 15 is 0 Å². The van der Waals surface area contributed by atoms with Crippen molar-refractivity contribution >= 4 is 11.8 Å². The average molecular weight is 392 g/mol. The summed E-state index contributed by atoms with van der Waals surface area (Å²) < 4.78 is 6.11. The van der Waals surface area contributed by atoms with E-state index < -0.39 is 0 Å². The van der Waals surface area contributed by atoms with Gasteiger partial charge in [0.2, 0.25) is 11.8 Å². The molecule has 0 bridgehead atoms. The highest BCUT2D eigenvalue weighted by Gasteiger charge is 2.32. The molecule has 2 amide bonds. The third kappa shape index (κ3) is 5.24. The second kappa shape index (κ2) is 9.23. The Morgan fingerprint density at radius 2 is 1.59 bits per heavy atom. The number of amides is 2. The fraction of sp³-hybridized carbons (Fsp3) is 0.417. The average Bonchev–Trinajstić information content (AvgIpc) is 3.59. The van der Waals surface area contributed by atoms with Crippen LogP contribution in [0.2, 0.25) is 0 Å². The lowest BCUT2D eigenvalue weighted by molar-refractivity contribution is -0.141. The molecule has 1 saturated carbocycles. The van der Waals surface area contributed by atoms with Crippen LogP contribution in [0.15, 0.2) is 60.7 Å². The second-order valence-corrected chi connectivity index (χ2v) is 7.97. The highest BCUT2D eigenvalue weighted by Crippen LogP contribution is 2.26. The molecule has 0 aromatic heterocycles. The number of piperidine rings is 1. The lowest BCUT2D eigenvalue weighted by atomic mass is 9.97. The maximum absolute atomic E-state index is 12.8. The van der Waals surface area contributed by atoms with Gasteiger partial charge in [0.05, 0.1) is 5.92 Å². The molecule has 1 saturated heterocycles. The van der Waals surface area contributed by atoms with Gasteiger partial charge in [-0.05, 0) is 36.8 Å². The quantitative estimate of drug-likeness (QED) is 0.786. The molecule has 1 heterocycles. The zero-order valence-corrected chi connectivity index (χ0v) is 16.6. The highest BCUT2D eigenvalue weighted by molar-refractivity contribution is 5.82. The number of hydrogen-bond donors (Lipinski definition) is 1. The number of nitrogens with one attached hydrogen (secondary N) is 1. The van der Waals surface area contributed by atoms with E-state index in [0.29, 0.717) is 19.1 Å². The molecule has 29 heavy (non-hydrogen) atoms. The van der Waals surface area contributed by atoms with Crippen LogP contribution in [0, 0.1) is 5.92 Å². The van der Waals surface area contributed by atoms with Crippen LogP contribution in [0.25, 0.3) is 0 Å². The second-order valence-electron chi connectivity index (χ2n) is 7.97. The number of rotatable bonds is 7. The molecule has 2 aromatic rings. The molecule has 2 aromatic carbocycles. The standard InChI is InChI=1S/C24H28N2O3/c27-22(26-15-7-12-20(16-26)24(28)25-21-13-14-21)17-29-23(18-8-3-1-4-9-18)19-10-5-2-6-11-19/h1-6,8-11,20-21,23H,7,12-17H2,(H,25,28). The summed E-state index contributed by atoms with van der Waals surface area (Å²) in [5.74, 6) is -0.0597. The predicted octanol–water partition coefficient (Wildman–Crippen LogP) is 3.31. The minimum Gasteiger partial charge on any atom is -0.359 e. The maximum atomic E-state index is 12.8. The fourth-order valence-corrected chi connectivity index (χ4v) is 3.85. The molecule has 152 valence electrons. The molecule has 2 aliphatic rings. The van der Waals surface area contributed by atoms with Crippen LogP contribution >= 0.6 is 0 Å². The first kappa shape index (κ1) is 19.6. The summed E-state index contributed by atoms with van der Waals surface area (Å²) >= 11 is 0. The lowest BCUT2D eigenvalue weighted by Crippen LogP contribution is -2.47. The van der Waals surface area contributed by atoms with Gasteiger partial charge in [-0.15, -0.1) is 0 Å². The molecule has 1 atom stereocenters. The van der Waals surface area contributed by atoms with Crippen molar-refractivity contribution in [3.05, 3.63) is 71.8 Å². The van der Waals surface area contributed by atoms with Gasteiger partial charge in [0, 0.05) is 19.1 Å². The molecular formula is C24H28N2O3. The molecule has 1 N–H and O–H groups in total. The smallest absolute Gasteiger partial charge is 0.248 e. The molecule has 2 fully saturated rings. The monoisotopic (exact) mass is 392 g/mol. The third-order valence-corrected chi connectivity index (χ3v) is 5.65. The Morgan fingerprint density at radius 1 is 0.966 bits per heavy atom. The van der Waals surface area contributed by atoms with Crippen molar-refractivity contribution < 1.29 is 14.3 Å². The Labute approximate surface area is 172 Å². The number of likely N-dealkylation sites (tertiary alicyclic amines) is 1. The van der Waals surface area contributed by atoms with Crippen molar-refractivity contribution in [2.45, 2.75) is 37.8 Å². The van der Waals surface area contributed by atoms with Crippen LogP contribution in [-0.4, -0.2) is 42.5 Å². The topological polar surface area (TPSA) is 58.6 Å². The molecule has 0 radical (unpaired) electrons. The number of hydrogen-bond acceptors (Lipinski definition) is 3. The molecule has 5 nitrogen and oxygen atoms in total. The molecule has 5 heteroatoms. The van der Waals surface area contributed by atoms with Gasteiger partial charge >= 0.3 is 0 Å². The Bertz CT molecular complexity index is 781. The van der Waals surface area contributed by atoms with E-state index in [2.05, 4.69) is 5.32 Å². The SMILES string of the molecule is O=C(NC1CC1)C1CCCN(C(=O)COC(c2ccccc2)c2ccccc2)C1. The predicted molar refractivity (Wildman–Crippen MR) is 111 cm³/mol. The van der Waals surface area contributed by atoms with E-state index in [1.807, 2.05) is 60.7 Å². The Morgan fingerprint density at radius 3 is 2.17 bits per heavy atom. The number of carbonyl (C=O) groups excluding carboxylic acids is 2. The zero-order chi connectivity index (χ0) is 20.1. The summed E-state index contributed by atoms with van der Waals surface area (Å²) in [6.07, 6.45) is 3.57. The van der Waals surface area contributed by atoms with Gasteiger partial charge in [-0.2, -0.15) is 0 Å². The van der Waals surface area contributed by atoms with E-state index in [4.69, 9.17) is 4.74 Å². The normalized spacial score (nSPS) is 19.2. The van der Waals surface area contributed by atoms with Gasteiger partial charge in [0.1, 0.15) is 12.7 Å². The lowest BCUT2D eigenvalue weighted by Gasteiger charge is -2.32. The summed E-state index contributed by atoms with van der Waals surface area (Å²) in [4.78, 5) is 27.0. The fourth-order valence-electron chi connectivity index (χ4n) is 3.85. The number of nitrogens with zero attached hydrogens (tertiary/aromatic N) is 1. The van der Waals surface area contributed by atoms with Crippen molar-refractivity contribution in [2.24, 2.45) is 5.92 Å². The molecule has 4 rings (SSSR count). The summed E-state index contributed by atoms with van der Waals surface area (Å²) in [5, 5.41) is 3.07. The molecule has 1 unspecified atom stereocenters. The summed E-state index contributed by atoms with van der Waals surface area (Å²) in [6, 6.07) is 20.3. The molecule has 0 spiro atoms. The van der Waals surface area contributed by atoms with Gasteiger partial charge < -0.3 is 15.0 Å². The zero-order valence-electron chi connectivity index (χ0n) is 16.6. The first-order chi connectivity index (χ1) is 14.2. The van der Waals surface area contributed by atoms with Crippen molar-refractivity contribution in [3.8, 4) is 0 Å². The van der Waals surface area contributed by atoms with Gasteiger partial charge in [-0.1, -0.05) is 60.7 Å². The molecular weight excluding hydrogens is 364 g/mol. The Kier molecular flexibility index (Phi) is 6.25. The minimum absolute atomic E-state index is 0.00538. The van der Waals surface area contributed by atoms with E-state index in [0.717, 1.165) is 36.8 Å². The first-order valence-electron chi connectivity index (χ1n) is 10.5. The van der Waals surface area contributed by atoms with E-state index in [1.54, 1.807) is 4.90 Å². The molecule has 1 aliphatic heterocycles. The number of benzene rings is 2. The van der Waals surface area contributed by atoms with Crippen LogP contribution in [-0.2, 0) is 14.3 Å². The summed E-state index contributed by atoms with van der Waals surface area (Å²) in [6.45, 7) is 1.18. The van der Waals surface area contributed by atoms with Gasteiger partial charge in [0.15, 0.2) is 0 Å². The van der Waals surface area contributed by atoms with E-state index in [-0.39, 0.29) is 30.4 Å². The van der Waals surface area contributed by atoms with Crippen molar-refractivity contribution in [1.82, 2.24) is 10.2 Å². The summed E-state index contributed by atoms with van der Waals surface area (Å²) in [5.41, 5.74) is 2.04. The van der Waals surface area contributed by atoms with Crippen molar-refractivity contribution in [1.29, 1.82) is 0 Å². The van der Waals surface area contributed by atoms with Crippen LogP contribution in [0.4, 0.5) is 0 Å². The van der Waals surface area contributed by atoms with E-state index in [9.17, 15) is 9.59 Å².